The Labute approximate surface area is 302 Å². The lowest BCUT2D eigenvalue weighted by Crippen LogP contribution is -2.10. The van der Waals surface area contributed by atoms with E-state index in [0.29, 0.717) is 0 Å². The van der Waals surface area contributed by atoms with Gasteiger partial charge in [0.05, 0.1) is 11.1 Å². The summed E-state index contributed by atoms with van der Waals surface area (Å²) in [5, 5.41) is 7.16. The van der Waals surface area contributed by atoms with Crippen molar-refractivity contribution in [3.63, 3.8) is 0 Å². The molecule has 0 saturated heterocycles. The van der Waals surface area contributed by atoms with Crippen LogP contribution in [-0.4, -0.2) is 0 Å². The van der Waals surface area contributed by atoms with Crippen molar-refractivity contribution in [1.82, 2.24) is 0 Å². The van der Waals surface area contributed by atoms with Crippen LogP contribution in [0.1, 0.15) is 0 Å². The Bertz CT molecular complexity index is 2760. The Hall–Kier alpha value is -6.90. The number of hydrogen-bond acceptors (Lipinski definition) is 2. The van der Waals surface area contributed by atoms with Crippen molar-refractivity contribution in [2.24, 2.45) is 0 Å². The molecule has 0 bridgehead atoms. The van der Waals surface area contributed by atoms with Gasteiger partial charge >= 0.3 is 0 Å². The third-order valence-electron chi connectivity index (χ3n) is 10.2. The Morgan fingerprint density at radius 1 is 0.346 bits per heavy atom. The Balaban J connectivity index is 1.12. The quantitative estimate of drug-likeness (QED) is 0.176. The van der Waals surface area contributed by atoms with Crippen molar-refractivity contribution in [2.45, 2.75) is 0 Å². The minimum absolute atomic E-state index is 0.862. The number of anilines is 3. The Morgan fingerprint density at radius 3 is 1.46 bits per heavy atom. The maximum absolute atomic E-state index is 6.70. The molecule has 10 aromatic rings. The molecule has 9 aromatic carbocycles. The molecule has 0 fully saturated rings. The maximum Gasteiger partial charge on any atom is 0.143 e. The fourth-order valence-electron chi connectivity index (χ4n) is 7.63. The lowest BCUT2D eigenvalue weighted by molar-refractivity contribution is 0.670. The van der Waals surface area contributed by atoms with E-state index in [4.69, 9.17) is 4.42 Å². The van der Waals surface area contributed by atoms with Crippen LogP contribution in [0.3, 0.4) is 0 Å². The highest BCUT2D eigenvalue weighted by Gasteiger charge is 2.21. The molecule has 0 atom stereocenters. The van der Waals surface area contributed by atoms with Gasteiger partial charge in [0, 0.05) is 22.3 Å². The summed E-state index contributed by atoms with van der Waals surface area (Å²) in [6.45, 7) is 0. The summed E-state index contributed by atoms with van der Waals surface area (Å²) in [5.41, 5.74) is 12.0. The lowest BCUT2D eigenvalue weighted by atomic mass is 9.99. The van der Waals surface area contributed by atoms with Crippen LogP contribution >= 0.6 is 0 Å². The van der Waals surface area contributed by atoms with Crippen LogP contribution in [0.15, 0.2) is 205 Å². The molecular weight excluding hydrogens is 631 g/mol. The third-order valence-corrected chi connectivity index (χ3v) is 10.2. The predicted octanol–water partition coefficient (Wildman–Crippen LogP) is 14.4. The van der Waals surface area contributed by atoms with Crippen molar-refractivity contribution in [2.75, 3.05) is 4.90 Å². The second kappa shape index (κ2) is 12.5. The normalized spacial score (nSPS) is 11.5. The third kappa shape index (κ3) is 5.21. The number of furan rings is 1. The van der Waals surface area contributed by atoms with Gasteiger partial charge in [0.15, 0.2) is 0 Å². The average molecular weight is 664 g/mol. The van der Waals surface area contributed by atoms with E-state index in [0.717, 1.165) is 50.1 Å². The zero-order chi connectivity index (χ0) is 34.4. The first-order chi connectivity index (χ1) is 25.8. The molecule has 0 aliphatic rings. The second-order valence-electron chi connectivity index (χ2n) is 13.4. The van der Waals surface area contributed by atoms with Gasteiger partial charge < -0.3 is 9.32 Å². The van der Waals surface area contributed by atoms with Gasteiger partial charge in [0.25, 0.3) is 0 Å². The fourth-order valence-corrected chi connectivity index (χ4v) is 7.63. The van der Waals surface area contributed by atoms with E-state index in [9.17, 15) is 0 Å². The van der Waals surface area contributed by atoms with Crippen LogP contribution in [0.2, 0.25) is 0 Å². The Kier molecular flexibility index (Phi) is 7.18. The van der Waals surface area contributed by atoms with Gasteiger partial charge in [-0.15, -0.1) is 0 Å². The van der Waals surface area contributed by atoms with Crippen LogP contribution in [0.25, 0.3) is 76.9 Å². The number of para-hydroxylation sites is 1. The van der Waals surface area contributed by atoms with Gasteiger partial charge in [-0.3, -0.25) is 0 Å². The minimum Gasteiger partial charge on any atom is -0.455 e. The van der Waals surface area contributed by atoms with E-state index in [1.165, 1.54) is 43.8 Å². The molecule has 1 aromatic heterocycles. The maximum atomic E-state index is 6.70. The fraction of sp³-hybridized carbons (Fsp3) is 0. The summed E-state index contributed by atoms with van der Waals surface area (Å²) in [5.74, 6) is 0. The van der Waals surface area contributed by atoms with E-state index >= 15 is 0 Å². The molecule has 0 unspecified atom stereocenters. The van der Waals surface area contributed by atoms with E-state index in [1.807, 2.05) is 0 Å². The van der Waals surface area contributed by atoms with Gasteiger partial charge in [-0.1, -0.05) is 152 Å². The number of rotatable bonds is 6. The molecule has 10 rings (SSSR count). The Morgan fingerprint density at radius 2 is 0.865 bits per heavy atom. The molecule has 0 saturated carbocycles. The van der Waals surface area contributed by atoms with Gasteiger partial charge in [-0.25, -0.2) is 0 Å². The van der Waals surface area contributed by atoms with E-state index in [2.05, 4.69) is 205 Å². The number of nitrogens with zero attached hydrogens (tertiary/aromatic N) is 1. The monoisotopic (exact) mass is 663 g/mol. The molecule has 0 N–H and O–H groups in total. The second-order valence-corrected chi connectivity index (χ2v) is 13.4. The van der Waals surface area contributed by atoms with Crippen molar-refractivity contribution in [3.8, 4) is 33.4 Å². The zero-order valence-electron chi connectivity index (χ0n) is 28.4. The van der Waals surface area contributed by atoms with Gasteiger partial charge in [-0.2, -0.15) is 0 Å². The highest BCUT2D eigenvalue weighted by Crippen LogP contribution is 2.45. The van der Waals surface area contributed by atoms with Gasteiger partial charge in [-0.05, 0) is 97.9 Å². The SMILES string of the molecule is c1ccc(-c2cccc3c2oc2cccc(N(c4ccc(-c5ccc6ccccc6c5)cc4)c4ccc(-c5ccc6ccccc6c5)cc4)c23)cc1. The van der Waals surface area contributed by atoms with Gasteiger partial charge in [0.2, 0.25) is 0 Å². The van der Waals surface area contributed by atoms with Crippen molar-refractivity contribution in [1.29, 1.82) is 0 Å². The van der Waals surface area contributed by atoms with Crippen LogP contribution in [0.4, 0.5) is 17.1 Å². The van der Waals surface area contributed by atoms with Gasteiger partial charge in [0.1, 0.15) is 11.2 Å². The molecule has 2 heteroatoms. The summed E-state index contributed by atoms with van der Waals surface area (Å²) in [7, 11) is 0. The molecule has 244 valence electrons. The number of benzene rings is 9. The average Bonchev–Trinajstić information content (AvgIpc) is 3.61. The number of hydrogen-bond donors (Lipinski definition) is 0. The minimum atomic E-state index is 0.862. The summed E-state index contributed by atoms with van der Waals surface area (Å²) in [6, 6.07) is 71.6. The van der Waals surface area contributed by atoms with Crippen LogP contribution in [0, 0.1) is 0 Å². The predicted molar refractivity (Wildman–Crippen MR) is 220 cm³/mol. The molecular formula is C50H33NO. The highest BCUT2D eigenvalue weighted by molar-refractivity contribution is 6.16. The molecule has 0 amide bonds. The molecule has 0 spiro atoms. The smallest absolute Gasteiger partial charge is 0.143 e. The highest BCUT2D eigenvalue weighted by atomic mass is 16.3. The summed E-state index contributed by atoms with van der Waals surface area (Å²) >= 11 is 0. The van der Waals surface area contributed by atoms with Crippen molar-refractivity contribution < 1.29 is 4.42 Å². The van der Waals surface area contributed by atoms with Crippen LogP contribution < -0.4 is 4.90 Å². The lowest BCUT2D eigenvalue weighted by Gasteiger charge is -2.26. The molecule has 1 heterocycles. The summed E-state index contributed by atoms with van der Waals surface area (Å²) in [6.07, 6.45) is 0. The van der Waals surface area contributed by atoms with E-state index < -0.39 is 0 Å². The van der Waals surface area contributed by atoms with Crippen molar-refractivity contribution >= 4 is 60.5 Å². The molecule has 0 aliphatic heterocycles. The molecule has 52 heavy (non-hydrogen) atoms. The topological polar surface area (TPSA) is 16.4 Å². The standard InChI is InChI=1S/C50H33NO/c1-2-12-38(13-3-1)45-16-8-17-46-49-47(18-9-19-48(49)52-50(45)46)51(43-28-24-36(25-29-43)41-22-20-34-10-4-6-14-39(34)32-41)44-30-26-37(27-31-44)42-23-21-35-11-5-7-15-40(35)33-42/h1-33H. The van der Waals surface area contributed by atoms with Crippen LogP contribution in [0.5, 0.6) is 0 Å². The molecule has 0 aliphatic carbocycles. The zero-order valence-corrected chi connectivity index (χ0v) is 28.4. The van der Waals surface area contributed by atoms with E-state index in [1.54, 1.807) is 0 Å². The van der Waals surface area contributed by atoms with E-state index in [-0.39, 0.29) is 0 Å². The number of fused-ring (bicyclic) bond motifs is 5. The first-order valence-electron chi connectivity index (χ1n) is 17.8. The van der Waals surface area contributed by atoms with Crippen LogP contribution in [-0.2, 0) is 0 Å². The first kappa shape index (κ1) is 30.0. The molecule has 0 radical (unpaired) electrons. The molecule has 2 nitrogen and oxygen atoms in total. The largest absolute Gasteiger partial charge is 0.455 e. The van der Waals surface area contributed by atoms with Crippen molar-refractivity contribution in [3.05, 3.63) is 200 Å². The summed E-state index contributed by atoms with van der Waals surface area (Å²) < 4.78 is 6.70. The first-order valence-corrected chi connectivity index (χ1v) is 17.8. The summed E-state index contributed by atoms with van der Waals surface area (Å²) in [4.78, 5) is 2.36.